The van der Waals surface area contributed by atoms with E-state index in [-0.39, 0.29) is 17.0 Å². The van der Waals surface area contributed by atoms with Gasteiger partial charge in [0, 0.05) is 54.1 Å². The number of fused-ring (bicyclic) bond motifs is 1. The molecule has 44 heavy (non-hydrogen) atoms. The van der Waals surface area contributed by atoms with Crippen LogP contribution in [0.1, 0.15) is 6.42 Å². The Balaban J connectivity index is 1.47. The first kappa shape index (κ1) is 30.4. The molecule has 226 valence electrons. The van der Waals surface area contributed by atoms with Crippen LogP contribution < -0.4 is 25.7 Å². The van der Waals surface area contributed by atoms with E-state index in [9.17, 15) is 14.4 Å². The minimum Gasteiger partial charge on any atom is -0.495 e. The Morgan fingerprint density at radius 3 is 2.55 bits per heavy atom. The van der Waals surface area contributed by atoms with E-state index in [1.54, 1.807) is 53.2 Å². The normalized spacial score (nSPS) is 11.1. The van der Waals surface area contributed by atoms with Gasteiger partial charge in [0.05, 0.1) is 28.7 Å². The van der Waals surface area contributed by atoms with Crippen LogP contribution in [0.4, 0.5) is 15.8 Å². The van der Waals surface area contributed by atoms with Crippen LogP contribution in [0.25, 0.3) is 20.7 Å². The number of nitrogens with two attached hydrogens (primary N) is 1. The lowest BCUT2D eigenvalue weighted by Crippen LogP contribution is -2.30. The highest BCUT2D eigenvalue weighted by Crippen LogP contribution is 2.41. The average Bonchev–Trinajstić information content (AvgIpc) is 3.43. The average molecular weight is 616 g/mol. The summed E-state index contributed by atoms with van der Waals surface area (Å²) in [5.41, 5.74) is 7.20. The van der Waals surface area contributed by atoms with Crippen LogP contribution in [-0.4, -0.2) is 54.0 Å². The van der Waals surface area contributed by atoms with Crippen LogP contribution in [0.5, 0.6) is 17.2 Å². The molecule has 3 heterocycles. The molecule has 0 saturated carbocycles. The molecule has 0 atom stereocenters. The monoisotopic (exact) mass is 615 g/mol. The number of pyridine rings is 2. The van der Waals surface area contributed by atoms with Crippen molar-refractivity contribution in [3.05, 3.63) is 95.3 Å². The molecule has 0 spiro atoms. The van der Waals surface area contributed by atoms with Crippen molar-refractivity contribution in [2.75, 3.05) is 32.6 Å². The van der Waals surface area contributed by atoms with Crippen LogP contribution in [0.3, 0.4) is 0 Å². The first-order valence-electron chi connectivity index (χ1n) is 13.6. The van der Waals surface area contributed by atoms with Crippen molar-refractivity contribution in [1.82, 2.24) is 14.5 Å². The Morgan fingerprint density at radius 1 is 1.02 bits per heavy atom. The molecule has 2 N–H and O–H groups in total. The molecule has 0 saturated heterocycles. The summed E-state index contributed by atoms with van der Waals surface area (Å²) in [4.78, 5) is 45.5. The summed E-state index contributed by atoms with van der Waals surface area (Å²) in [6, 6.07) is 17.6. The number of methoxy groups -OCH3 is 1. The Labute approximate surface area is 256 Å². The van der Waals surface area contributed by atoms with Gasteiger partial charge in [-0.1, -0.05) is 12.1 Å². The van der Waals surface area contributed by atoms with Gasteiger partial charge in [-0.2, -0.15) is 0 Å². The molecule has 0 unspecified atom stereocenters. The molecular weight excluding hydrogens is 585 g/mol. The van der Waals surface area contributed by atoms with Crippen LogP contribution in [0.2, 0.25) is 0 Å². The van der Waals surface area contributed by atoms with Gasteiger partial charge in [-0.25, -0.2) is 4.39 Å². The molecule has 0 fully saturated rings. The standard InChI is InChI=1S/C32H30FN5O5S/c1-36(2)14-15-37-19-20(8-11-30(37)40)28-17-23-32(44-28)27(12-13-35-23)43-25-10-9-21(16-22(25)33)38(31(41)18-29(34)39)24-6-4-5-7-26(24)42-3/h4-13,16-17,19H,14-15,18H2,1-3H3,(H2,34,39). The van der Waals surface area contributed by atoms with E-state index in [2.05, 4.69) is 4.98 Å². The highest BCUT2D eigenvalue weighted by molar-refractivity contribution is 7.22. The van der Waals surface area contributed by atoms with E-state index < -0.39 is 24.1 Å². The topological polar surface area (TPSA) is 120 Å². The summed E-state index contributed by atoms with van der Waals surface area (Å²) >= 11 is 1.41. The van der Waals surface area contributed by atoms with Gasteiger partial charge in [0.2, 0.25) is 11.8 Å². The fourth-order valence-electron chi connectivity index (χ4n) is 4.59. The van der Waals surface area contributed by atoms with E-state index in [0.717, 1.165) is 23.1 Å². The van der Waals surface area contributed by atoms with Gasteiger partial charge in [0.1, 0.15) is 17.9 Å². The van der Waals surface area contributed by atoms with E-state index in [1.165, 1.54) is 35.5 Å². The summed E-state index contributed by atoms with van der Waals surface area (Å²) in [6.45, 7) is 1.27. The number of ether oxygens (including phenoxy) is 2. The van der Waals surface area contributed by atoms with Crippen molar-refractivity contribution in [2.24, 2.45) is 5.73 Å². The molecule has 0 aliphatic heterocycles. The third kappa shape index (κ3) is 6.61. The fraction of sp³-hybridized carbons (Fsp3) is 0.188. The zero-order valence-electron chi connectivity index (χ0n) is 24.3. The van der Waals surface area contributed by atoms with Gasteiger partial charge in [-0.05, 0) is 50.5 Å². The highest BCUT2D eigenvalue weighted by atomic mass is 32.1. The third-order valence-electron chi connectivity index (χ3n) is 6.73. The molecule has 0 aliphatic rings. The van der Waals surface area contributed by atoms with Crippen molar-refractivity contribution in [1.29, 1.82) is 0 Å². The number of carbonyl (C=O) groups is 2. The number of aromatic nitrogens is 2. The van der Waals surface area contributed by atoms with Gasteiger partial charge in [-0.3, -0.25) is 24.3 Å². The third-order valence-corrected chi connectivity index (χ3v) is 7.91. The van der Waals surface area contributed by atoms with E-state index in [4.69, 9.17) is 15.2 Å². The zero-order valence-corrected chi connectivity index (χ0v) is 25.1. The molecular formula is C32H30FN5O5S. The molecule has 10 nitrogen and oxygen atoms in total. The van der Waals surface area contributed by atoms with Crippen molar-refractivity contribution in [2.45, 2.75) is 13.0 Å². The summed E-state index contributed by atoms with van der Waals surface area (Å²) in [7, 11) is 5.34. The van der Waals surface area contributed by atoms with E-state index >= 15 is 4.39 Å². The van der Waals surface area contributed by atoms with Crippen LogP contribution in [0.15, 0.2) is 83.9 Å². The molecule has 3 aromatic heterocycles. The minimum absolute atomic E-state index is 0.0734. The Hall–Kier alpha value is -5.07. The molecule has 0 aliphatic carbocycles. The number of rotatable bonds is 11. The number of nitrogens with zero attached hydrogens (tertiary/aromatic N) is 4. The number of amides is 2. The Kier molecular flexibility index (Phi) is 9.02. The maximum Gasteiger partial charge on any atom is 0.250 e. The lowest BCUT2D eigenvalue weighted by atomic mass is 10.2. The van der Waals surface area contributed by atoms with Gasteiger partial charge >= 0.3 is 0 Å². The van der Waals surface area contributed by atoms with Crippen LogP contribution >= 0.6 is 11.3 Å². The van der Waals surface area contributed by atoms with Gasteiger partial charge in [0.25, 0.3) is 5.56 Å². The molecule has 2 aromatic carbocycles. The minimum atomic E-state index is -0.820. The number of thiophene rings is 1. The Bertz CT molecular complexity index is 1900. The summed E-state index contributed by atoms with van der Waals surface area (Å²) < 4.78 is 29.4. The number of likely N-dealkylation sites (N-methyl/N-ethyl adjacent to an activating group) is 1. The number of carbonyl (C=O) groups excluding carboxylic acids is 2. The summed E-state index contributed by atoms with van der Waals surface area (Å²) in [6.07, 6.45) is 2.81. The molecule has 5 aromatic rings. The van der Waals surface area contributed by atoms with Crippen molar-refractivity contribution < 1.29 is 23.5 Å². The summed E-state index contributed by atoms with van der Waals surface area (Å²) in [5, 5.41) is 0. The lowest BCUT2D eigenvalue weighted by molar-refractivity contribution is -0.125. The van der Waals surface area contributed by atoms with Crippen molar-refractivity contribution in [3.63, 3.8) is 0 Å². The number of benzene rings is 2. The molecule has 12 heteroatoms. The van der Waals surface area contributed by atoms with Gasteiger partial charge < -0.3 is 24.7 Å². The molecule has 5 rings (SSSR count). The second-order valence-electron chi connectivity index (χ2n) is 10.1. The van der Waals surface area contributed by atoms with Crippen molar-refractivity contribution in [3.8, 4) is 27.7 Å². The first-order chi connectivity index (χ1) is 21.1. The van der Waals surface area contributed by atoms with Gasteiger partial charge in [0.15, 0.2) is 11.6 Å². The number of hydrogen-bond acceptors (Lipinski definition) is 8. The zero-order chi connectivity index (χ0) is 31.4. The Morgan fingerprint density at radius 2 is 1.82 bits per heavy atom. The van der Waals surface area contributed by atoms with Crippen LogP contribution in [-0.2, 0) is 16.1 Å². The number of hydrogen-bond donors (Lipinski definition) is 1. The number of primary amides is 1. The number of anilines is 2. The molecule has 0 bridgehead atoms. The van der Waals surface area contributed by atoms with Gasteiger partial charge in [-0.15, -0.1) is 11.3 Å². The largest absolute Gasteiger partial charge is 0.495 e. The molecule has 0 radical (unpaired) electrons. The second kappa shape index (κ2) is 13.1. The van der Waals surface area contributed by atoms with E-state index in [0.29, 0.717) is 33.9 Å². The smallest absolute Gasteiger partial charge is 0.250 e. The van der Waals surface area contributed by atoms with E-state index in [1.807, 2.05) is 31.3 Å². The maximum absolute atomic E-state index is 15.6. The quantitative estimate of drug-likeness (QED) is 0.204. The molecule has 2 amide bonds. The number of para-hydroxylation sites is 2. The number of halogens is 1. The SMILES string of the molecule is COc1ccccc1N(C(=O)CC(N)=O)c1ccc(Oc2ccnc3cc(-c4ccc(=O)n(CCN(C)C)c4)sc23)c(F)c1. The maximum atomic E-state index is 15.6. The van der Waals surface area contributed by atoms with Crippen LogP contribution in [0, 0.1) is 5.82 Å². The first-order valence-corrected chi connectivity index (χ1v) is 14.4. The fourth-order valence-corrected chi connectivity index (χ4v) is 5.64. The highest BCUT2D eigenvalue weighted by Gasteiger charge is 2.24. The lowest BCUT2D eigenvalue weighted by Gasteiger charge is -2.24. The predicted octanol–water partition coefficient (Wildman–Crippen LogP) is 5.17. The summed E-state index contributed by atoms with van der Waals surface area (Å²) in [5.74, 6) is -1.53. The predicted molar refractivity (Wildman–Crippen MR) is 168 cm³/mol. The van der Waals surface area contributed by atoms with Crippen molar-refractivity contribution >= 4 is 44.7 Å². The second-order valence-corrected chi connectivity index (χ2v) is 11.2.